The summed E-state index contributed by atoms with van der Waals surface area (Å²) in [7, 11) is 1.89. The largest absolute Gasteiger partial charge is 0.255 e. The maximum absolute atomic E-state index is 4.04. The first kappa shape index (κ1) is 8.94. The summed E-state index contributed by atoms with van der Waals surface area (Å²) < 4.78 is 1.74. The molecule has 0 N–H and O–H groups in total. The summed E-state index contributed by atoms with van der Waals surface area (Å²) in [4.78, 5) is 0. The molecule has 0 atom stereocenters. The van der Waals surface area contributed by atoms with Crippen LogP contribution in [0, 0.1) is 0 Å². The minimum absolute atomic E-state index is 0.956. The number of aryl methyl sites for hydroxylation is 3. The first-order valence-electron chi connectivity index (χ1n) is 4.74. The van der Waals surface area contributed by atoms with Crippen molar-refractivity contribution >= 4 is 0 Å². The zero-order chi connectivity index (χ0) is 9.80. The number of rotatable bonds is 3. The lowest BCUT2D eigenvalue weighted by atomic mass is 10.1. The van der Waals surface area contributed by atoms with E-state index in [1.54, 1.807) is 4.68 Å². The Bertz CT molecular complexity index is 392. The van der Waals surface area contributed by atoms with Gasteiger partial charge in [-0.15, -0.1) is 5.10 Å². The van der Waals surface area contributed by atoms with E-state index in [2.05, 4.69) is 34.6 Å². The molecule has 0 amide bonds. The van der Waals surface area contributed by atoms with Gasteiger partial charge in [0.25, 0.3) is 0 Å². The molecule has 2 rings (SSSR count). The van der Waals surface area contributed by atoms with Crippen LogP contribution in [0.1, 0.15) is 11.3 Å². The van der Waals surface area contributed by atoms with Crippen molar-refractivity contribution in [2.45, 2.75) is 12.8 Å². The van der Waals surface area contributed by atoms with Gasteiger partial charge in [-0.1, -0.05) is 35.5 Å². The van der Waals surface area contributed by atoms with Crippen LogP contribution in [-0.4, -0.2) is 15.0 Å². The molecule has 14 heavy (non-hydrogen) atoms. The number of benzene rings is 1. The summed E-state index contributed by atoms with van der Waals surface area (Å²) >= 11 is 0. The third-order valence-electron chi connectivity index (χ3n) is 2.16. The van der Waals surface area contributed by atoms with Crippen LogP contribution >= 0.6 is 0 Å². The molecule has 2 aromatic rings. The summed E-state index contributed by atoms with van der Waals surface area (Å²) in [5.41, 5.74) is 2.40. The third kappa shape index (κ3) is 2.19. The number of nitrogens with zero attached hydrogens (tertiary/aromatic N) is 3. The predicted molar refractivity (Wildman–Crippen MR) is 54.9 cm³/mol. The van der Waals surface area contributed by atoms with Crippen LogP contribution in [0.3, 0.4) is 0 Å². The van der Waals surface area contributed by atoms with E-state index in [1.165, 1.54) is 5.56 Å². The van der Waals surface area contributed by atoms with Crippen LogP contribution in [0.5, 0.6) is 0 Å². The van der Waals surface area contributed by atoms with Crippen molar-refractivity contribution in [2.75, 3.05) is 0 Å². The maximum Gasteiger partial charge on any atom is 0.0830 e. The standard InChI is InChI=1S/C11H13N3/c1-14-9-11(12-13-14)8-7-10-5-3-2-4-6-10/h2-6,9H,7-8H2,1H3. The second-order valence-corrected chi connectivity index (χ2v) is 3.37. The number of aromatic nitrogens is 3. The van der Waals surface area contributed by atoms with E-state index < -0.39 is 0 Å². The average Bonchev–Trinajstić information content (AvgIpc) is 2.63. The van der Waals surface area contributed by atoms with Crippen molar-refractivity contribution in [3.63, 3.8) is 0 Å². The van der Waals surface area contributed by atoms with Gasteiger partial charge in [-0.25, -0.2) is 0 Å². The van der Waals surface area contributed by atoms with Crippen LogP contribution in [-0.2, 0) is 19.9 Å². The van der Waals surface area contributed by atoms with Crippen molar-refractivity contribution < 1.29 is 0 Å². The molecular weight excluding hydrogens is 174 g/mol. The zero-order valence-corrected chi connectivity index (χ0v) is 8.22. The summed E-state index contributed by atoms with van der Waals surface area (Å²) in [6.45, 7) is 0. The highest BCUT2D eigenvalue weighted by molar-refractivity contribution is 5.15. The molecule has 0 saturated carbocycles. The Morgan fingerprint density at radius 1 is 1.14 bits per heavy atom. The minimum Gasteiger partial charge on any atom is -0.255 e. The molecule has 3 nitrogen and oxygen atoms in total. The fraction of sp³-hybridized carbons (Fsp3) is 0.273. The molecule has 72 valence electrons. The second kappa shape index (κ2) is 4.05. The van der Waals surface area contributed by atoms with Crippen LogP contribution in [0.4, 0.5) is 0 Å². The van der Waals surface area contributed by atoms with Crippen molar-refractivity contribution in [3.8, 4) is 0 Å². The molecule has 1 aromatic heterocycles. The molecule has 0 unspecified atom stereocenters. The van der Waals surface area contributed by atoms with Crippen LogP contribution in [0.25, 0.3) is 0 Å². The second-order valence-electron chi connectivity index (χ2n) is 3.37. The average molecular weight is 187 g/mol. The van der Waals surface area contributed by atoms with E-state index in [1.807, 2.05) is 19.3 Å². The van der Waals surface area contributed by atoms with Gasteiger partial charge in [-0.05, 0) is 18.4 Å². The maximum atomic E-state index is 4.04. The van der Waals surface area contributed by atoms with E-state index >= 15 is 0 Å². The Morgan fingerprint density at radius 2 is 1.93 bits per heavy atom. The summed E-state index contributed by atoms with van der Waals surface area (Å²) in [5, 5.41) is 7.94. The number of hydrogen-bond donors (Lipinski definition) is 0. The highest BCUT2D eigenvalue weighted by Crippen LogP contribution is 2.03. The summed E-state index contributed by atoms with van der Waals surface area (Å²) in [6, 6.07) is 10.4. The first-order valence-corrected chi connectivity index (χ1v) is 4.74. The van der Waals surface area contributed by atoms with Crippen LogP contribution in [0.2, 0.25) is 0 Å². The zero-order valence-electron chi connectivity index (χ0n) is 8.22. The van der Waals surface area contributed by atoms with Gasteiger partial charge in [0, 0.05) is 13.2 Å². The summed E-state index contributed by atoms with van der Waals surface area (Å²) in [5.74, 6) is 0. The molecule has 0 bridgehead atoms. The third-order valence-corrected chi connectivity index (χ3v) is 2.16. The Hall–Kier alpha value is -1.64. The van der Waals surface area contributed by atoms with Gasteiger partial charge in [0.1, 0.15) is 0 Å². The number of hydrogen-bond acceptors (Lipinski definition) is 2. The van der Waals surface area contributed by atoms with E-state index in [4.69, 9.17) is 0 Å². The Kier molecular flexibility index (Phi) is 2.58. The molecular formula is C11H13N3. The van der Waals surface area contributed by atoms with Gasteiger partial charge in [0.15, 0.2) is 0 Å². The van der Waals surface area contributed by atoms with E-state index in [0.717, 1.165) is 18.5 Å². The Labute approximate surface area is 83.4 Å². The van der Waals surface area contributed by atoms with Crippen molar-refractivity contribution in [3.05, 3.63) is 47.8 Å². The van der Waals surface area contributed by atoms with Gasteiger partial charge in [-0.2, -0.15) is 0 Å². The quantitative estimate of drug-likeness (QED) is 0.730. The molecule has 0 radical (unpaired) electrons. The first-order chi connectivity index (χ1) is 6.84. The fourth-order valence-corrected chi connectivity index (χ4v) is 1.43. The molecule has 0 aliphatic heterocycles. The van der Waals surface area contributed by atoms with Crippen molar-refractivity contribution in [1.82, 2.24) is 15.0 Å². The lowest BCUT2D eigenvalue weighted by molar-refractivity contribution is 0.713. The van der Waals surface area contributed by atoms with Crippen molar-refractivity contribution in [1.29, 1.82) is 0 Å². The smallest absolute Gasteiger partial charge is 0.0830 e. The molecule has 0 aliphatic rings. The lowest BCUT2D eigenvalue weighted by Crippen LogP contribution is -1.90. The molecule has 0 saturated heterocycles. The van der Waals surface area contributed by atoms with Gasteiger partial charge < -0.3 is 0 Å². The lowest BCUT2D eigenvalue weighted by Gasteiger charge is -1.96. The highest BCUT2D eigenvalue weighted by Gasteiger charge is 1.98. The van der Waals surface area contributed by atoms with E-state index in [0.29, 0.717) is 0 Å². The topological polar surface area (TPSA) is 30.7 Å². The van der Waals surface area contributed by atoms with E-state index in [9.17, 15) is 0 Å². The van der Waals surface area contributed by atoms with Crippen LogP contribution in [0.15, 0.2) is 36.5 Å². The predicted octanol–water partition coefficient (Wildman–Crippen LogP) is 1.60. The normalized spacial score (nSPS) is 10.4. The van der Waals surface area contributed by atoms with Crippen molar-refractivity contribution in [2.24, 2.45) is 7.05 Å². The Balaban J connectivity index is 1.95. The fourth-order valence-electron chi connectivity index (χ4n) is 1.43. The highest BCUT2D eigenvalue weighted by atomic mass is 15.4. The SMILES string of the molecule is Cn1cc(CCc2ccccc2)nn1. The minimum atomic E-state index is 0.956. The van der Waals surface area contributed by atoms with Gasteiger partial charge >= 0.3 is 0 Å². The van der Waals surface area contributed by atoms with E-state index in [-0.39, 0.29) is 0 Å². The Morgan fingerprint density at radius 3 is 2.57 bits per heavy atom. The summed E-state index contributed by atoms with van der Waals surface area (Å²) in [6.07, 6.45) is 3.94. The van der Waals surface area contributed by atoms with Gasteiger partial charge in [0.05, 0.1) is 5.69 Å². The molecule has 0 aliphatic carbocycles. The molecule has 0 fully saturated rings. The molecule has 1 aromatic carbocycles. The van der Waals surface area contributed by atoms with Crippen LogP contribution < -0.4 is 0 Å². The van der Waals surface area contributed by atoms with Gasteiger partial charge in [-0.3, -0.25) is 4.68 Å². The molecule has 0 spiro atoms. The molecule has 3 heteroatoms. The molecule has 1 heterocycles. The van der Waals surface area contributed by atoms with Gasteiger partial charge in [0.2, 0.25) is 0 Å². The monoisotopic (exact) mass is 187 g/mol.